The summed E-state index contributed by atoms with van der Waals surface area (Å²) in [6.45, 7) is 0.351. The highest BCUT2D eigenvalue weighted by atomic mass is 35.5. The van der Waals surface area contributed by atoms with Gasteiger partial charge in [0.05, 0.1) is 23.3 Å². The van der Waals surface area contributed by atoms with Crippen molar-refractivity contribution in [1.29, 1.82) is 0 Å². The standard InChI is InChI=1S/C18H17ClN4O3S/c1-27(25,26)22-17-7-4-14(10-16(17)19)18(24)21-11-13-2-5-15(6-3-13)23-9-8-20-12-23/h2-10,12,22H,11H2,1H3,(H,21,24). The summed E-state index contributed by atoms with van der Waals surface area (Å²) in [6, 6.07) is 12.1. The summed E-state index contributed by atoms with van der Waals surface area (Å²) >= 11 is 6.05. The van der Waals surface area contributed by atoms with Crippen molar-refractivity contribution in [3.05, 3.63) is 77.3 Å². The van der Waals surface area contributed by atoms with Crippen LogP contribution in [0.1, 0.15) is 15.9 Å². The fraction of sp³-hybridized carbons (Fsp3) is 0.111. The predicted octanol–water partition coefficient (Wildman–Crippen LogP) is 2.83. The number of nitrogens with one attached hydrogen (secondary N) is 2. The molecule has 27 heavy (non-hydrogen) atoms. The Balaban J connectivity index is 1.63. The maximum absolute atomic E-state index is 12.3. The minimum absolute atomic E-state index is 0.151. The average molecular weight is 405 g/mol. The van der Waals surface area contributed by atoms with Crippen molar-refractivity contribution in [1.82, 2.24) is 14.9 Å². The smallest absolute Gasteiger partial charge is 0.251 e. The molecule has 0 atom stereocenters. The lowest BCUT2D eigenvalue weighted by molar-refractivity contribution is 0.0951. The molecule has 0 aliphatic rings. The largest absolute Gasteiger partial charge is 0.348 e. The minimum Gasteiger partial charge on any atom is -0.348 e. The molecule has 1 aromatic heterocycles. The van der Waals surface area contributed by atoms with E-state index in [1.807, 2.05) is 35.0 Å². The van der Waals surface area contributed by atoms with Crippen molar-refractivity contribution >= 4 is 33.2 Å². The molecule has 140 valence electrons. The Bertz CT molecular complexity index is 1050. The summed E-state index contributed by atoms with van der Waals surface area (Å²) in [7, 11) is -3.44. The first-order valence-electron chi connectivity index (χ1n) is 7.95. The zero-order chi connectivity index (χ0) is 19.4. The molecule has 0 spiro atoms. The molecule has 0 saturated heterocycles. The molecule has 1 heterocycles. The molecule has 0 radical (unpaired) electrons. The van der Waals surface area contributed by atoms with Crippen molar-refractivity contribution in [3.63, 3.8) is 0 Å². The average Bonchev–Trinajstić information content (AvgIpc) is 3.15. The number of benzene rings is 2. The van der Waals surface area contributed by atoms with E-state index in [-0.39, 0.29) is 16.6 Å². The van der Waals surface area contributed by atoms with Gasteiger partial charge in [-0.15, -0.1) is 0 Å². The van der Waals surface area contributed by atoms with E-state index in [9.17, 15) is 13.2 Å². The van der Waals surface area contributed by atoms with E-state index in [4.69, 9.17) is 11.6 Å². The van der Waals surface area contributed by atoms with E-state index >= 15 is 0 Å². The maximum Gasteiger partial charge on any atom is 0.251 e. The molecular weight excluding hydrogens is 388 g/mol. The van der Waals surface area contributed by atoms with Crippen LogP contribution < -0.4 is 10.0 Å². The van der Waals surface area contributed by atoms with E-state index in [2.05, 4.69) is 15.0 Å². The molecule has 3 aromatic rings. The molecule has 3 rings (SSSR count). The topological polar surface area (TPSA) is 93.1 Å². The Morgan fingerprint density at radius 2 is 1.93 bits per heavy atom. The van der Waals surface area contributed by atoms with Crippen LogP contribution >= 0.6 is 11.6 Å². The van der Waals surface area contributed by atoms with Crippen molar-refractivity contribution in [2.45, 2.75) is 6.54 Å². The third kappa shape index (κ3) is 5.08. The molecule has 0 fully saturated rings. The summed E-state index contributed by atoms with van der Waals surface area (Å²) in [5.74, 6) is -0.304. The van der Waals surface area contributed by atoms with Gasteiger partial charge in [0.1, 0.15) is 0 Å². The number of carbonyl (C=O) groups is 1. The Kier molecular flexibility index (Phi) is 5.48. The summed E-state index contributed by atoms with van der Waals surface area (Å²) in [4.78, 5) is 16.3. The number of rotatable bonds is 6. The Morgan fingerprint density at radius 3 is 2.52 bits per heavy atom. The first kappa shape index (κ1) is 18.9. The molecular formula is C18H17ClN4O3S. The zero-order valence-electron chi connectivity index (χ0n) is 14.4. The number of aromatic nitrogens is 2. The number of amides is 1. The number of hydrogen-bond donors (Lipinski definition) is 2. The Morgan fingerprint density at radius 1 is 1.19 bits per heavy atom. The normalized spacial score (nSPS) is 11.2. The lowest BCUT2D eigenvalue weighted by Crippen LogP contribution is -2.22. The monoisotopic (exact) mass is 404 g/mol. The molecule has 2 aromatic carbocycles. The number of carbonyl (C=O) groups excluding carboxylic acids is 1. The van der Waals surface area contributed by atoms with Crippen molar-refractivity contribution in [2.75, 3.05) is 11.0 Å². The van der Waals surface area contributed by atoms with E-state index in [1.54, 1.807) is 12.5 Å². The molecule has 0 aliphatic heterocycles. The second kappa shape index (κ2) is 7.81. The second-order valence-electron chi connectivity index (χ2n) is 5.89. The molecule has 7 nitrogen and oxygen atoms in total. The van der Waals surface area contributed by atoms with Crippen LogP contribution in [0.15, 0.2) is 61.2 Å². The SMILES string of the molecule is CS(=O)(=O)Nc1ccc(C(=O)NCc2ccc(-n3ccnc3)cc2)cc1Cl. The predicted molar refractivity (Wildman–Crippen MR) is 105 cm³/mol. The van der Waals surface area contributed by atoms with Crippen molar-refractivity contribution in [3.8, 4) is 5.69 Å². The summed E-state index contributed by atoms with van der Waals surface area (Å²) in [6.07, 6.45) is 6.30. The van der Waals surface area contributed by atoms with Gasteiger partial charge in [-0.25, -0.2) is 13.4 Å². The van der Waals surface area contributed by atoms with Gasteiger partial charge in [-0.05, 0) is 35.9 Å². The van der Waals surface area contributed by atoms with Crippen LogP contribution in [0, 0.1) is 0 Å². The summed E-state index contributed by atoms with van der Waals surface area (Å²) in [5, 5.41) is 2.96. The highest BCUT2D eigenvalue weighted by molar-refractivity contribution is 7.92. The number of imidazole rings is 1. The lowest BCUT2D eigenvalue weighted by Gasteiger charge is -2.10. The molecule has 0 bridgehead atoms. The second-order valence-corrected chi connectivity index (χ2v) is 8.04. The molecule has 2 N–H and O–H groups in total. The fourth-order valence-electron chi connectivity index (χ4n) is 2.42. The number of nitrogens with zero attached hydrogens (tertiary/aromatic N) is 2. The van der Waals surface area contributed by atoms with Crippen molar-refractivity contribution < 1.29 is 13.2 Å². The van der Waals surface area contributed by atoms with Gasteiger partial charge in [0.25, 0.3) is 5.91 Å². The number of anilines is 1. The highest BCUT2D eigenvalue weighted by Gasteiger charge is 2.11. The molecule has 0 unspecified atom stereocenters. The van der Waals surface area contributed by atoms with Gasteiger partial charge >= 0.3 is 0 Å². The van der Waals surface area contributed by atoms with Crippen LogP contribution in [0.4, 0.5) is 5.69 Å². The van der Waals surface area contributed by atoms with E-state index in [1.165, 1.54) is 18.2 Å². The van der Waals surface area contributed by atoms with E-state index < -0.39 is 10.0 Å². The summed E-state index contributed by atoms with van der Waals surface area (Å²) in [5.41, 5.74) is 2.48. The fourth-order valence-corrected chi connectivity index (χ4v) is 3.28. The van der Waals surface area contributed by atoms with Gasteiger partial charge in [-0.1, -0.05) is 23.7 Å². The van der Waals surface area contributed by atoms with Crippen LogP contribution in [-0.2, 0) is 16.6 Å². The van der Waals surface area contributed by atoms with Crippen LogP contribution in [0.2, 0.25) is 5.02 Å². The Hall–Kier alpha value is -2.84. The molecule has 1 amide bonds. The van der Waals surface area contributed by atoms with Gasteiger partial charge in [0, 0.05) is 30.2 Å². The molecule has 9 heteroatoms. The number of hydrogen-bond acceptors (Lipinski definition) is 4. The van der Waals surface area contributed by atoms with Crippen molar-refractivity contribution in [2.24, 2.45) is 0 Å². The number of halogens is 1. The molecule has 0 aliphatic carbocycles. The number of sulfonamides is 1. The van der Waals surface area contributed by atoms with Crippen LogP contribution in [-0.4, -0.2) is 30.1 Å². The Labute approximate surface area is 162 Å². The van der Waals surface area contributed by atoms with Gasteiger partial charge in [0.15, 0.2) is 0 Å². The zero-order valence-corrected chi connectivity index (χ0v) is 16.0. The van der Waals surface area contributed by atoms with E-state index in [0.29, 0.717) is 12.1 Å². The molecule has 0 saturated carbocycles. The quantitative estimate of drug-likeness (QED) is 0.660. The maximum atomic E-state index is 12.3. The first-order valence-corrected chi connectivity index (χ1v) is 10.2. The van der Waals surface area contributed by atoms with Crippen LogP contribution in [0.25, 0.3) is 5.69 Å². The van der Waals surface area contributed by atoms with Gasteiger partial charge in [-0.3, -0.25) is 9.52 Å². The van der Waals surface area contributed by atoms with Gasteiger partial charge in [-0.2, -0.15) is 0 Å². The summed E-state index contributed by atoms with van der Waals surface area (Å²) < 4.78 is 26.7. The first-order chi connectivity index (χ1) is 12.8. The lowest BCUT2D eigenvalue weighted by atomic mass is 10.1. The third-order valence-corrected chi connectivity index (χ3v) is 4.62. The van der Waals surface area contributed by atoms with Crippen LogP contribution in [0.5, 0.6) is 0 Å². The third-order valence-electron chi connectivity index (χ3n) is 3.72. The van der Waals surface area contributed by atoms with Gasteiger partial charge < -0.3 is 9.88 Å². The van der Waals surface area contributed by atoms with Gasteiger partial charge in [0.2, 0.25) is 10.0 Å². The highest BCUT2D eigenvalue weighted by Crippen LogP contribution is 2.24. The minimum atomic E-state index is -3.44. The van der Waals surface area contributed by atoms with Crippen LogP contribution in [0.3, 0.4) is 0 Å². The van der Waals surface area contributed by atoms with E-state index in [0.717, 1.165) is 17.5 Å².